The quantitative estimate of drug-likeness (QED) is 0.644. The first-order valence-electron chi connectivity index (χ1n) is 9.16. The van der Waals surface area contributed by atoms with Gasteiger partial charge in [0.1, 0.15) is 6.10 Å². The molecular formula is C20H26N2O4. The third kappa shape index (κ3) is 4.93. The zero-order valence-electron chi connectivity index (χ0n) is 14.9. The molecule has 1 saturated carbocycles. The third-order valence-electron chi connectivity index (χ3n) is 4.78. The van der Waals surface area contributed by atoms with Gasteiger partial charge in [0.05, 0.1) is 31.2 Å². The number of carbonyl (C=O) groups excluding carboxylic acids is 2. The highest BCUT2D eigenvalue weighted by atomic mass is 16.5. The van der Waals surface area contributed by atoms with Crippen molar-refractivity contribution >= 4 is 11.8 Å². The van der Waals surface area contributed by atoms with Gasteiger partial charge in [0.15, 0.2) is 0 Å². The zero-order valence-corrected chi connectivity index (χ0v) is 14.9. The third-order valence-corrected chi connectivity index (χ3v) is 4.78. The second kappa shape index (κ2) is 8.47. The van der Waals surface area contributed by atoms with Gasteiger partial charge in [0, 0.05) is 5.92 Å². The van der Waals surface area contributed by atoms with E-state index >= 15 is 0 Å². The number of hydrogen-bond donors (Lipinski definition) is 3. The fourth-order valence-electron chi connectivity index (χ4n) is 3.07. The molecule has 1 heterocycles. The molecule has 1 aromatic carbocycles. The van der Waals surface area contributed by atoms with Crippen molar-refractivity contribution in [2.75, 3.05) is 6.61 Å². The predicted molar refractivity (Wildman–Crippen MR) is 97.2 cm³/mol. The summed E-state index contributed by atoms with van der Waals surface area (Å²) < 4.78 is 5.79. The van der Waals surface area contributed by atoms with Gasteiger partial charge in [-0.2, -0.15) is 0 Å². The minimum atomic E-state index is -0.535. The van der Waals surface area contributed by atoms with Crippen molar-refractivity contribution in [3.63, 3.8) is 0 Å². The highest BCUT2D eigenvalue weighted by Gasteiger charge is 2.34. The van der Waals surface area contributed by atoms with E-state index in [4.69, 9.17) is 4.74 Å². The number of amides is 2. The van der Waals surface area contributed by atoms with Crippen LogP contribution in [0.1, 0.15) is 37.8 Å². The highest BCUT2D eigenvalue weighted by molar-refractivity contribution is 5.81. The summed E-state index contributed by atoms with van der Waals surface area (Å²) in [6, 6.07) is 9.31. The number of nitrogens with one attached hydrogen (secondary N) is 2. The fraction of sp³-hybridized carbons (Fsp3) is 0.500. The van der Waals surface area contributed by atoms with Crippen LogP contribution < -0.4 is 10.6 Å². The van der Waals surface area contributed by atoms with Crippen LogP contribution in [0.3, 0.4) is 0 Å². The van der Waals surface area contributed by atoms with Gasteiger partial charge < -0.3 is 20.5 Å². The maximum absolute atomic E-state index is 12.3. The summed E-state index contributed by atoms with van der Waals surface area (Å²) in [6.07, 6.45) is 4.69. The first kappa shape index (κ1) is 18.6. The molecule has 26 heavy (non-hydrogen) atoms. The molecule has 0 radical (unpaired) electrons. The lowest BCUT2D eigenvalue weighted by molar-refractivity contribution is -0.129. The number of rotatable bonds is 7. The smallest absolute Gasteiger partial charge is 0.223 e. The van der Waals surface area contributed by atoms with Gasteiger partial charge >= 0.3 is 0 Å². The van der Waals surface area contributed by atoms with Crippen molar-refractivity contribution < 1.29 is 19.4 Å². The van der Waals surface area contributed by atoms with Crippen LogP contribution in [0.4, 0.5) is 0 Å². The number of hydrogen-bond acceptors (Lipinski definition) is 4. The van der Waals surface area contributed by atoms with Gasteiger partial charge in [-0.25, -0.2) is 0 Å². The van der Waals surface area contributed by atoms with E-state index in [1.807, 2.05) is 43.3 Å². The van der Waals surface area contributed by atoms with E-state index in [0.717, 1.165) is 18.4 Å². The maximum Gasteiger partial charge on any atom is 0.223 e. The van der Waals surface area contributed by atoms with E-state index in [1.165, 1.54) is 0 Å². The maximum atomic E-state index is 12.3. The predicted octanol–water partition coefficient (Wildman–Crippen LogP) is 1.46. The average Bonchev–Trinajstić information content (AvgIpc) is 3.48. The lowest BCUT2D eigenvalue weighted by Crippen LogP contribution is -2.49. The van der Waals surface area contributed by atoms with E-state index in [0.29, 0.717) is 0 Å². The Kier molecular flexibility index (Phi) is 6.06. The Balaban J connectivity index is 1.51. The molecule has 3 N–H and O–H groups in total. The Morgan fingerprint density at radius 1 is 1.23 bits per heavy atom. The van der Waals surface area contributed by atoms with E-state index in [1.54, 1.807) is 6.08 Å². The van der Waals surface area contributed by atoms with Crippen molar-refractivity contribution in [3.05, 3.63) is 48.0 Å². The summed E-state index contributed by atoms with van der Waals surface area (Å²) >= 11 is 0. The van der Waals surface area contributed by atoms with Crippen LogP contribution in [0.2, 0.25) is 0 Å². The van der Waals surface area contributed by atoms with E-state index in [9.17, 15) is 14.7 Å². The van der Waals surface area contributed by atoms with Gasteiger partial charge in [-0.05, 0) is 25.3 Å². The molecule has 0 bridgehead atoms. The summed E-state index contributed by atoms with van der Waals surface area (Å²) in [5.74, 6) is -0.00606. The van der Waals surface area contributed by atoms with Crippen molar-refractivity contribution in [2.24, 2.45) is 5.92 Å². The molecule has 4 atom stereocenters. The summed E-state index contributed by atoms with van der Waals surface area (Å²) in [5.41, 5.74) is 1.04. The SMILES string of the molecule is C[C@H](NC(=O)C[C@H]1C=C[C@H](NC(=O)C2CC2)[C@@H](CO)O1)c1ccccc1. The molecule has 2 aliphatic rings. The standard InChI is InChI=1S/C20H26N2O4/c1-13(14-5-3-2-4-6-14)21-19(24)11-16-9-10-17(18(12-23)26-16)22-20(25)15-7-8-15/h2-6,9-10,13,15-18,23H,7-8,11-12H2,1H3,(H,21,24)(H,22,25)/t13-,16+,17-,18+/m0/s1. The van der Waals surface area contributed by atoms with E-state index in [2.05, 4.69) is 10.6 Å². The topological polar surface area (TPSA) is 87.7 Å². The Labute approximate surface area is 153 Å². The fourth-order valence-corrected chi connectivity index (χ4v) is 3.07. The summed E-state index contributed by atoms with van der Waals surface area (Å²) in [6.45, 7) is 1.73. The largest absolute Gasteiger partial charge is 0.394 e. The minimum absolute atomic E-state index is 0.00887. The highest BCUT2D eigenvalue weighted by Crippen LogP contribution is 2.29. The molecule has 1 aliphatic heterocycles. The molecule has 3 rings (SSSR count). The van der Waals surface area contributed by atoms with Crippen LogP contribution in [0.5, 0.6) is 0 Å². The van der Waals surface area contributed by atoms with Crippen LogP contribution in [0.15, 0.2) is 42.5 Å². The van der Waals surface area contributed by atoms with Crippen molar-refractivity contribution in [1.29, 1.82) is 0 Å². The van der Waals surface area contributed by atoms with Crippen molar-refractivity contribution in [1.82, 2.24) is 10.6 Å². The number of aliphatic hydroxyl groups is 1. The van der Waals surface area contributed by atoms with Gasteiger partial charge in [-0.1, -0.05) is 42.5 Å². The Morgan fingerprint density at radius 3 is 2.62 bits per heavy atom. The van der Waals surface area contributed by atoms with Gasteiger partial charge in [0.25, 0.3) is 0 Å². The van der Waals surface area contributed by atoms with Crippen LogP contribution >= 0.6 is 0 Å². The first-order valence-corrected chi connectivity index (χ1v) is 9.16. The summed E-state index contributed by atoms with van der Waals surface area (Å²) in [4.78, 5) is 24.2. The monoisotopic (exact) mass is 358 g/mol. The number of benzene rings is 1. The lowest BCUT2D eigenvalue weighted by Gasteiger charge is -2.32. The zero-order chi connectivity index (χ0) is 18.5. The molecule has 1 fully saturated rings. The van der Waals surface area contributed by atoms with Crippen LogP contribution in [-0.4, -0.2) is 41.8 Å². The molecule has 0 saturated heterocycles. The Morgan fingerprint density at radius 2 is 1.96 bits per heavy atom. The van der Waals surface area contributed by atoms with Gasteiger partial charge in [-0.15, -0.1) is 0 Å². The van der Waals surface area contributed by atoms with Crippen LogP contribution in [0, 0.1) is 5.92 Å². The molecule has 0 spiro atoms. The summed E-state index contributed by atoms with van der Waals surface area (Å²) in [5, 5.41) is 15.4. The molecular weight excluding hydrogens is 332 g/mol. The molecule has 0 aromatic heterocycles. The lowest BCUT2D eigenvalue weighted by atomic mass is 10.0. The molecule has 1 aliphatic carbocycles. The molecule has 6 heteroatoms. The van der Waals surface area contributed by atoms with E-state index < -0.39 is 12.2 Å². The Hall–Kier alpha value is -2.18. The first-order chi connectivity index (χ1) is 12.6. The normalized spacial score (nSPS) is 26.2. The average molecular weight is 358 g/mol. The van der Waals surface area contributed by atoms with Crippen LogP contribution in [0.25, 0.3) is 0 Å². The molecule has 140 valence electrons. The van der Waals surface area contributed by atoms with Crippen molar-refractivity contribution in [3.8, 4) is 0 Å². The Bertz CT molecular complexity index is 657. The van der Waals surface area contributed by atoms with Crippen LogP contribution in [-0.2, 0) is 14.3 Å². The molecule has 6 nitrogen and oxygen atoms in total. The van der Waals surface area contributed by atoms with Gasteiger partial charge in [0.2, 0.25) is 11.8 Å². The molecule has 1 aromatic rings. The van der Waals surface area contributed by atoms with Crippen molar-refractivity contribution in [2.45, 2.75) is 50.5 Å². The molecule has 2 amide bonds. The second-order valence-corrected chi connectivity index (χ2v) is 6.99. The second-order valence-electron chi connectivity index (χ2n) is 6.99. The number of aliphatic hydroxyl groups excluding tert-OH is 1. The minimum Gasteiger partial charge on any atom is -0.394 e. The molecule has 0 unspecified atom stereocenters. The summed E-state index contributed by atoms with van der Waals surface area (Å²) in [7, 11) is 0. The van der Waals surface area contributed by atoms with E-state index in [-0.39, 0.29) is 42.8 Å². The number of ether oxygens (including phenoxy) is 1. The number of carbonyl (C=O) groups is 2. The van der Waals surface area contributed by atoms with Gasteiger partial charge in [-0.3, -0.25) is 9.59 Å².